The fourth-order valence-electron chi connectivity index (χ4n) is 0.462. The van der Waals surface area contributed by atoms with E-state index >= 15 is 0 Å². The van der Waals surface area contributed by atoms with Crippen LogP contribution in [0, 0.1) is 0 Å². The molecule has 1 unspecified atom stereocenters. The number of nitrogens with one attached hydrogen (secondary N) is 1. The summed E-state index contributed by atoms with van der Waals surface area (Å²) in [5, 5.41) is 2.40. The minimum atomic E-state index is -3.45. The normalized spacial score (nSPS) is 16.7. The van der Waals surface area contributed by atoms with Gasteiger partial charge in [-0.1, -0.05) is 13.3 Å². The number of hydrogen-bond donors (Lipinski definition) is 2. The van der Waals surface area contributed by atoms with Crippen LogP contribution in [0.3, 0.4) is 0 Å². The lowest BCUT2D eigenvalue weighted by molar-refractivity contribution is 0.302. The molecule has 0 aromatic heterocycles. The molecule has 4 nitrogen and oxygen atoms in total. The van der Waals surface area contributed by atoms with Crippen LogP contribution in [0.4, 0.5) is 0 Å². The molecule has 0 saturated carbocycles. The molecular formula is C5H14NO3P. The molecule has 0 aliphatic rings. The summed E-state index contributed by atoms with van der Waals surface area (Å²) in [7, 11) is -2.25. The van der Waals surface area contributed by atoms with Gasteiger partial charge in [0.25, 0.3) is 0 Å². The van der Waals surface area contributed by atoms with Crippen LogP contribution in [0.2, 0.25) is 0 Å². The van der Waals surface area contributed by atoms with E-state index in [0.717, 1.165) is 12.8 Å². The third-order valence-electron chi connectivity index (χ3n) is 1.09. The van der Waals surface area contributed by atoms with E-state index in [0.29, 0.717) is 6.54 Å². The van der Waals surface area contributed by atoms with Gasteiger partial charge in [0.15, 0.2) is 0 Å². The molecule has 0 heterocycles. The van der Waals surface area contributed by atoms with Gasteiger partial charge in [0.2, 0.25) is 0 Å². The van der Waals surface area contributed by atoms with Crippen molar-refractivity contribution in [2.24, 2.45) is 0 Å². The van der Waals surface area contributed by atoms with Crippen LogP contribution < -0.4 is 5.09 Å². The molecule has 0 aromatic rings. The molecule has 0 aliphatic heterocycles. The molecule has 0 bridgehead atoms. The van der Waals surface area contributed by atoms with Crippen molar-refractivity contribution in [3.8, 4) is 0 Å². The maximum absolute atomic E-state index is 10.7. The smallest absolute Gasteiger partial charge is 0.312 e. The van der Waals surface area contributed by atoms with Crippen LogP contribution >= 0.6 is 7.75 Å². The first-order chi connectivity index (χ1) is 4.62. The van der Waals surface area contributed by atoms with Crippen molar-refractivity contribution < 1.29 is 14.0 Å². The lowest BCUT2D eigenvalue weighted by atomic mass is 10.3. The van der Waals surface area contributed by atoms with Crippen molar-refractivity contribution in [1.82, 2.24) is 5.09 Å². The van der Waals surface area contributed by atoms with E-state index in [1.54, 1.807) is 0 Å². The van der Waals surface area contributed by atoms with Crippen molar-refractivity contribution in [2.75, 3.05) is 13.7 Å². The van der Waals surface area contributed by atoms with Crippen molar-refractivity contribution in [3.05, 3.63) is 0 Å². The largest absolute Gasteiger partial charge is 0.402 e. The van der Waals surface area contributed by atoms with Gasteiger partial charge in [-0.15, -0.1) is 0 Å². The van der Waals surface area contributed by atoms with Crippen LogP contribution in [0.25, 0.3) is 0 Å². The summed E-state index contributed by atoms with van der Waals surface area (Å²) in [6.45, 7) is 2.54. The Morgan fingerprint density at radius 3 is 2.70 bits per heavy atom. The second-order valence-corrected chi connectivity index (χ2v) is 3.69. The van der Waals surface area contributed by atoms with E-state index in [2.05, 4.69) is 9.61 Å². The first kappa shape index (κ1) is 10.1. The Morgan fingerprint density at radius 2 is 2.30 bits per heavy atom. The van der Waals surface area contributed by atoms with Crippen molar-refractivity contribution in [1.29, 1.82) is 0 Å². The maximum Gasteiger partial charge on any atom is 0.402 e. The molecule has 0 fully saturated rings. The van der Waals surface area contributed by atoms with Gasteiger partial charge in [-0.2, -0.15) is 0 Å². The highest BCUT2D eigenvalue weighted by atomic mass is 31.2. The SMILES string of the molecule is CCCCNP(=O)(O)OC. The Kier molecular flexibility index (Phi) is 4.91. The lowest BCUT2D eigenvalue weighted by Gasteiger charge is -2.08. The predicted octanol–water partition coefficient (Wildman–Crippen LogP) is 1.12. The van der Waals surface area contributed by atoms with Crippen LogP contribution in [-0.4, -0.2) is 18.5 Å². The Morgan fingerprint density at radius 1 is 1.70 bits per heavy atom. The molecule has 0 aliphatic carbocycles. The molecule has 0 saturated heterocycles. The number of hydrogen-bond acceptors (Lipinski definition) is 2. The average Bonchev–Trinajstić information content (AvgIpc) is 1.89. The van der Waals surface area contributed by atoms with E-state index in [1.165, 1.54) is 7.11 Å². The zero-order valence-electron chi connectivity index (χ0n) is 6.33. The van der Waals surface area contributed by atoms with Gasteiger partial charge >= 0.3 is 7.75 Å². The van der Waals surface area contributed by atoms with E-state index < -0.39 is 7.75 Å². The van der Waals surface area contributed by atoms with Crippen LogP contribution in [0.15, 0.2) is 0 Å². The zero-order valence-corrected chi connectivity index (χ0v) is 7.23. The molecule has 0 rings (SSSR count). The quantitative estimate of drug-likeness (QED) is 0.476. The maximum atomic E-state index is 10.7. The topological polar surface area (TPSA) is 58.6 Å². The van der Waals surface area contributed by atoms with E-state index in [4.69, 9.17) is 4.89 Å². The molecule has 0 spiro atoms. The van der Waals surface area contributed by atoms with Crippen molar-refractivity contribution >= 4 is 7.75 Å². The van der Waals surface area contributed by atoms with E-state index in [9.17, 15) is 4.57 Å². The molecular weight excluding hydrogens is 153 g/mol. The third kappa shape index (κ3) is 4.94. The zero-order chi connectivity index (χ0) is 8.04. The Labute approximate surface area is 61.2 Å². The summed E-state index contributed by atoms with van der Waals surface area (Å²) in [5.41, 5.74) is 0. The second kappa shape index (κ2) is 4.85. The van der Waals surface area contributed by atoms with Gasteiger partial charge in [-0.05, 0) is 6.42 Å². The molecule has 5 heteroatoms. The van der Waals surface area contributed by atoms with Gasteiger partial charge in [0.1, 0.15) is 0 Å². The predicted molar refractivity (Wildman–Crippen MR) is 39.7 cm³/mol. The molecule has 0 radical (unpaired) electrons. The Hall–Kier alpha value is 0.110. The summed E-state index contributed by atoms with van der Waals surface area (Å²) in [4.78, 5) is 8.77. The minimum absolute atomic E-state index is 0.526. The average molecular weight is 167 g/mol. The summed E-state index contributed by atoms with van der Waals surface area (Å²) < 4.78 is 15.0. The summed E-state index contributed by atoms with van der Waals surface area (Å²) in [6, 6.07) is 0. The summed E-state index contributed by atoms with van der Waals surface area (Å²) in [6.07, 6.45) is 1.88. The monoisotopic (exact) mass is 167 g/mol. The first-order valence-electron chi connectivity index (χ1n) is 3.26. The first-order valence-corrected chi connectivity index (χ1v) is 4.84. The van der Waals surface area contributed by atoms with Crippen LogP contribution in [-0.2, 0) is 9.09 Å². The Balaban J connectivity index is 3.38. The lowest BCUT2D eigenvalue weighted by Crippen LogP contribution is -2.12. The van der Waals surface area contributed by atoms with Gasteiger partial charge in [-0.3, -0.25) is 0 Å². The molecule has 1 atom stereocenters. The van der Waals surface area contributed by atoms with E-state index in [-0.39, 0.29) is 0 Å². The fourth-order valence-corrected chi connectivity index (χ4v) is 1.03. The van der Waals surface area contributed by atoms with Crippen LogP contribution in [0.1, 0.15) is 19.8 Å². The highest BCUT2D eigenvalue weighted by molar-refractivity contribution is 7.50. The number of unbranched alkanes of at least 4 members (excludes halogenated alkanes) is 1. The van der Waals surface area contributed by atoms with E-state index in [1.807, 2.05) is 6.92 Å². The molecule has 2 N–H and O–H groups in total. The van der Waals surface area contributed by atoms with Gasteiger partial charge in [0.05, 0.1) is 0 Å². The third-order valence-corrected chi connectivity index (χ3v) is 2.21. The highest BCUT2D eigenvalue weighted by Crippen LogP contribution is 2.34. The van der Waals surface area contributed by atoms with Gasteiger partial charge in [-0.25, -0.2) is 9.65 Å². The molecule has 0 aromatic carbocycles. The van der Waals surface area contributed by atoms with Crippen molar-refractivity contribution in [3.63, 3.8) is 0 Å². The minimum Gasteiger partial charge on any atom is -0.312 e. The number of rotatable bonds is 5. The van der Waals surface area contributed by atoms with Crippen molar-refractivity contribution in [2.45, 2.75) is 19.8 Å². The Bertz CT molecular complexity index is 128. The van der Waals surface area contributed by atoms with Gasteiger partial charge in [0, 0.05) is 13.7 Å². The molecule has 62 valence electrons. The molecule has 10 heavy (non-hydrogen) atoms. The summed E-state index contributed by atoms with van der Waals surface area (Å²) >= 11 is 0. The highest BCUT2D eigenvalue weighted by Gasteiger charge is 2.13. The van der Waals surface area contributed by atoms with Gasteiger partial charge < -0.3 is 9.42 Å². The summed E-state index contributed by atoms with van der Waals surface area (Å²) in [5.74, 6) is 0. The second-order valence-electron chi connectivity index (χ2n) is 1.96. The fraction of sp³-hybridized carbons (Fsp3) is 1.00. The standard InChI is InChI=1S/C5H14NO3P/c1-3-4-5-6-10(7,8)9-2/h3-5H2,1-2H3,(H2,6,7,8). The van der Waals surface area contributed by atoms with Crippen LogP contribution in [0.5, 0.6) is 0 Å². The molecule has 0 amide bonds.